The normalized spacial score (nSPS) is 15.7. The minimum atomic E-state index is 0.632. The van der Waals surface area contributed by atoms with Gasteiger partial charge in [-0.15, -0.1) is 14.8 Å². The monoisotopic (exact) mass is 325 g/mol. The van der Waals surface area contributed by atoms with E-state index in [1.54, 1.807) is 0 Å². The van der Waals surface area contributed by atoms with Gasteiger partial charge in [-0.1, -0.05) is 24.3 Å². The van der Waals surface area contributed by atoms with Gasteiger partial charge in [0.1, 0.15) is 5.82 Å². The summed E-state index contributed by atoms with van der Waals surface area (Å²) < 4.78 is 6.79. The standard InChI is InChI=1S/C16H19N7O/c1-3-14(12-22-7-9-24-10-8-22)4-2-13(1)11-17-15-5-6-16-18-20-21-23(16)19-15/h1-6H,7-12H2,(H,17,19). The van der Waals surface area contributed by atoms with Crippen molar-refractivity contribution in [1.82, 2.24) is 30.2 Å². The number of benzene rings is 1. The first-order chi connectivity index (χ1) is 11.9. The van der Waals surface area contributed by atoms with E-state index in [0.717, 1.165) is 38.7 Å². The van der Waals surface area contributed by atoms with Gasteiger partial charge in [-0.3, -0.25) is 4.90 Å². The highest BCUT2D eigenvalue weighted by molar-refractivity contribution is 5.42. The molecule has 1 fully saturated rings. The second kappa shape index (κ2) is 6.90. The minimum absolute atomic E-state index is 0.632. The van der Waals surface area contributed by atoms with Crippen LogP contribution in [0.25, 0.3) is 5.65 Å². The molecule has 2 aromatic heterocycles. The summed E-state index contributed by atoms with van der Waals surface area (Å²) in [6.07, 6.45) is 0. The highest BCUT2D eigenvalue weighted by atomic mass is 16.5. The van der Waals surface area contributed by atoms with Crippen molar-refractivity contribution in [3.8, 4) is 0 Å². The second-order valence-electron chi connectivity index (χ2n) is 5.80. The molecular formula is C16H19N7O. The van der Waals surface area contributed by atoms with Gasteiger partial charge in [0.2, 0.25) is 0 Å². The fourth-order valence-electron chi connectivity index (χ4n) is 2.72. The Kier molecular flexibility index (Phi) is 4.30. The molecule has 8 heteroatoms. The molecule has 3 heterocycles. The second-order valence-corrected chi connectivity index (χ2v) is 5.80. The predicted molar refractivity (Wildman–Crippen MR) is 88.4 cm³/mol. The van der Waals surface area contributed by atoms with Crippen LogP contribution in [-0.2, 0) is 17.8 Å². The van der Waals surface area contributed by atoms with Gasteiger partial charge in [0.05, 0.1) is 13.2 Å². The zero-order chi connectivity index (χ0) is 16.2. The zero-order valence-electron chi connectivity index (χ0n) is 13.3. The van der Waals surface area contributed by atoms with Gasteiger partial charge < -0.3 is 10.1 Å². The molecule has 0 bridgehead atoms. The molecule has 0 unspecified atom stereocenters. The van der Waals surface area contributed by atoms with Crippen LogP contribution in [0.15, 0.2) is 36.4 Å². The third kappa shape index (κ3) is 3.50. The van der Waals surface area contributed by atoms with Gasteiger partial charge in [-0.05, 0) is 33.7 Å². The van der Waals surface area contributed by atoms with Crippen molar-refractivity contribution in [3.63, 3.8) is 0 Å². The smallest absolute Gasteiger partial charge is 0.200 e. The lowest BCUT2D eigenvalue weighted by atomic mass is 10.1. The summed E-state index contributed by atoms with van der Waals surface area (Å²) >= 11 is 0. The maximum absolute atomic E-state index is 5.38. The Morgan fingerprint density at radius 2 is 1.79 bits per heavy atom. The molecule has 124 valence electrons. The lowest BCUT2D eigenvalue weighted by Crippen LogP contribution is -2.35. The van der Waals surface area contributed by atoms with E-state index in [9.17, 15) is 0 Å². The van der Waals surface area contributed by atoms with Crippen molar-refractivity contribution >= 4 is 11.5 Å². The maximum atomic E-state index is 5.38. The van der Waals surface area contributed by atoms with E-state index in [1.807, 2.05) is 12.1 Å². The average Bonchev–Trinajstić information content (AvgIpc) is 3.10. The molecule has 24 heavy (non-hydrogen) atoms. The van der Waals surface area contributed by atoms with Crippen LogP contribution in [0.2, 0.25) is 0 Å². The lowest BCUT2D eigenvalue weighted by molar-refractivity contribution is 0.0342. The van der Waals surface area contributed by atoms with Crippen LogP contribution >= 0.6 is 0 Å². The molecule has 0 atom stereocenters. The molecular weight excluding hydrogens is 306 g/mol. The SMILES string of the molecule is c1cc(CN2CCOCC2)ccc1CNc1ccc2nnnn2n1. The van der Waals surface area contributed by atoms with Crippen molar-refractivity contribution < 1.29 is 4.74 Å². The summed E-state index contributed by atoms with van der Waals surface area (Å²) in [4.78, 5) is 2.42. The molecule has 4 rings (SSSR count). The van der Waals surface area contributed by atoms with E-state index in [-0.39, 0.29) is 0 Å². The number of fused-ring (bicyclic) bond motifs is 1. The molecule has 0 radical (unpaired) electrons. The highest BCUT2D eigenvalue weighted by Crippen LogP contribution is 2.11. The Bertz CT molecular complexity index is 796. The largest absolute Gasteiger partial charge is 0.379 e. The average molecular weight is 325 g/mol. The van der Waals surface area contributed by atoms with Crippen molar-refractivity contribution in [3.05, 3.63) is 47.5 Å². The van der Waals surface area contributed by atoms with E-state index in [0.29, 0.717) is 12.2 Å². The Balaban J connectivity index is 1.34. The fraction of sp³-hybridized carbons (Fsp3) is 0.375. The Labute approximate surface area is 139 Å². The van der Waals surface area contributed by atoms with Gasteiger partial charge in [-0.2, -0.15) is 0 Å². The third-order valence-corrected chi connectivity index (χ3v) is 4.08. The summed E-state index contributed by atoms with van der Waals surface area (Å²) in [5.74, 6) is 0.743. The molecule has 1 saturated heterocycles. The third-order valence-electron chi connectivity index (χ3n) is 4.08. The van der Waals surface area contributed by atoms with Gasteiger partial charge >= 0.3 is 0 Å². The summed E-state index contributed by atoms with van der Waals surface area (Å²) in [5, 5.41) is 18.8. The van der Waals surface area contributed by atoms with E-state index in [2.05, 4.69) is 55.1 Å². The molecule has 1 aliphatic heterocycles. The van der Waals surface area contributed by atoms with Gasteiger partial charge in [0.15, 0.2) is 5.65 Å². The van der Waals surface area contributed by atoms with Crippen LogP contribution in [0, 0.1) is 0 Å². The van der Waals surface area contributed by atoms with E-state index in [1.165, 1.54) is 15.8 Å². The quantitative estimate of drug-likeness (QED) is 0.748. The molecule has 1 aliphatic rings. The number of rotatable bonds is 5. The Morgan fingerprint density at radius 3 is 2.62 bits per heavy atom. The van der Waals surface area contributed by atoms with Crippen molar-refractivity contribution in [2.75, 3.05) is 31.6 Å². The Morgan fingerprint density at radius 1 is 1.00 bits per heavy atom. The zero-order valence-corrected chi connectivity index (χ0v) is 13.3. The lowest BCUT2D eigenvalue weighted by Gasteiger charge is -2.26. The van der Waals surface area contributed by atoms with Crippen molar-refractivity contribution in [1.29, 1.82) is 0 Å². The van der Waals surface area contributed by atoms with Crippen LogP contribution in [0.5, 0.6) is 0 Å². The molecule has 0 amide bonds. The number of nitrogens with one attached hydrogen (secondary N) is 1. The van der Waals surface area contributed by atoms with Crippen LogP contribution in [0.4, 0.5) is 5.82 Å². The maximum Gasteiger partial charge on any atom is 0.200 e. The number of morpholine rings is 1. The number of nitrogens with zero attached hydrogens (tertiary/aromatic N) is 6. The van der Waals surface area contributed by atoms with E-state index < -0.39 is 0 Å². The van der Waals surface area contributed by atoms with Gasteiger partial charge in [0, 0.05) is 26.2 Å². The minimum Gasteiger partial charge on any atom is -0.379 e. The number of aromatic nitrogens is 5. The molecule has 1 aromatic carbocycles. The summed E-state index contributed by atoms with van der Waals surface area (Å²) in [5.41, 5.74) is 3.17. The summed E-state index contributed by atoms with van der Waals surface area (Å²) in [7, 11) is 0. The van der Waals surface area contributed by atoms with Crippen molar-refractivity contribution in [2.24, 2.45) is 0 Å². The first-order valence-electron chi connectivity index (χ1n) is 8.04. The molecule has 3 aromatic rings. The molecule has 1 N–H and O–H groups in total. The number of tetrazole rings is 1. The summed E-state index contributed by atoms with van der Waals surface area (Å²) in [6, 6.07) is 12.4. The van der Waals surface area contributed by atoms with Crippen molar-refractivity contribution in [2.45, 2.75) is 13.1 Å². The molecule has 0 spiro atoms. The molecule has 0 aliphatic carbocycles. The van der Waals surface area contributed by atoms with Crippen LogP contribution < -0.4 is 5.32 Å². The Hall–Kier alpha value is -2.58. The number of hydrogen-bond donors (Lipinski definition) is 1. The number of hydrogen-bond acceptors (Lipinski definition) is 7. The van der Waals surface area contributed by atoms with Crippen LogP contribution in [0.1, 0.15) is 11.1 Å². The predicted octanol–water partition coefficient (Wildman–Crippen LogP) is 0.964. The highest BCUT2D eigenvalue weighted by Gasteiger charge is 2.10. The number of anilines is 1. The molecule has 8 nitrogen and oxygen atoms in total. The molecule has 0 saturated carbocycles. The topological polar surface area (TPSA) is 80.5 Å². The first-order valence-corrected chi connectivity index (χ1v) is 8.04. The van der Waals surface area contributed by atoms with E-state index >= 15 is 0 Å². The van der Waals surface area contributed by atoms with Gasteiger partial charge in [-0.25, -0.2) is 0 Å². The first kappa shape index (κ1) is 15.0. The van der Waals surface area contributed by atoms with E-state index in [4.69, 9.17) is 4.74 Å². The summed E-state index contributed by atoms with van der Waals surface area (Å²) in [6.45, 7) is 5.37. The van der Waals surface area contributed by atoms with Crippen LogP contribution in [0.3, 0.4) is 0 Å². The number of ether oxygens (including phenoxy) is 1. The van der Waals surface area contributed by atoms with Crippen LogP contribution in [-0.4, -0.2) is 56.5 Å². The fourth-order valence-corrected chi connectivity index (χ4v) is 2.72. The van der Waals surface area contributed by atoms with Gasteiger partial charge in [0.25, 0.3) is 0 Å².